The summed E-state index contributed by atoms with van der Waals surface area (Å²) < 4.78 is 0. The van der Waals surface area contributed by atoms with Gasteiger partial charge in [0.05, 0.1) is 0 Å². The van der Waals surface area contributed by atoms with Crippen LogP contribution in [0.4, 0.5) is 19.2 Å². The van der Waals surface area contributed by atoms with Gasteiger partial charge in [0.2, 0.25) is 0 Å². The molecule has 0 heterocycles. The molecule has 22 heteroatoms. The molecule has 0 bridgehead atoms. The van der Waals surface area contributed by atoms with E-state index in [9.17, 15) is 0 Å². The van der Waals surface area contributed by atoms with E-state index >= 15 is 0 Å². The molecule has 0 atom stereocenters. The molecule has 0 aromatic rings. The first kappa shape index (κ1) is 113. The average Bonchev–Trinajstić information content (AvgIpc) is 1.76. The van der Waals surface area contributed by atoms with Crippen molar-refractivity contribution in [3.63, 3.8) is 0 Å². The largest absolute Gasteiger partial charge is 2.00 e. The van der Waals surface area contributed by atoms with Crippen LogP contribution >= 0.6 is 0 Å². The fraction of sp³-hybridized carbons (Fsp3) is 0. The Morgan fingerprint density at radius 2 is 0.346 bits per heavy atom. The van der Waals surface area contributed by atoms with E-state index < -0.39 is 24.6 Å². The predicted octanol–water partition coefficient (Wildman–Crippen LogP) is -10.5. The van der Waals surface area contributed by atoms with Crippen LogP contribution in [0.1, 0.15) is 0 Å². The second kappa shape index (κ2) is 100. The van der Waals surface area contributed by atoms with Crippen molar-refractivity contribution in [1.29, 1.82) is 0 Å². The SMILES string of the molecule is O=C([O-])[O-].O=C([O-])[O-].O=C([O-])[O-].O=C([O-])[O-].[Cu+2].[Cu+2].[Cu+2].[Ni+2].[Ni+2].[Ni+2].[OH-].[OH-].[OH-].[OH-]. The maximum atomic E-state index is 8.33. The fourth-order valence-electron chi connectivity index (χ4n) is 0. The molecule has 0 saturated carbocycles. The van der Waals surface area contributed by atoms with E-state index in [4.69, 9.17) is 60.0 Å². The van der Waals surface area contributed by atoms with E-state index in [-0.39, 0.29) is 123 Å². The van der Waals surface area contributed by atoms with E-state index in [2.05, 4.69) is 0 Å². The van der Waals surface area contributed by atoms with Crippen molar-refractivity contribution in [1.82, 2.24) is 0 Å². The van der Waals surface area contributed by atoms with Crippen molar-refractivity contribution in [2.75, 3.05) is 0 Å². The van der Waals surface area contributed by atoms with Crippen LogP contribution in [0.25, 0.3) is 0 Å². The average molecular weight is 675 g/mol. The van der Waals surface area contributed by atoms with Gasteiger partial charge >= 0.3 is 101 Å². The van der Waals surface area contributed by atoms with Gasteiger partial charge in [-0.15, -0.1) is 0 Å². The number of hydrogen-bond acceptors (Lipinski definition) is 16. The molecular formula is C4H4Cu3Ni3O16. The topological polar surface area (TPSA) is 373 Å². The number of rotatable bonds is 0. The van der Waals surface area contributed by atoms with Crippen molar-refractivity contribution in [3.05, 3.63) is 0 Å². The minimum absolute atomic E-state index is 0. The molecule has 0 fully saturated rings. The van der Waals surface area contributed by atoms with Crippen LogP contribution < -0.4 is 40.9 Å². The van der Waals surface area contributed by atoms with Gasteiger partial charge in [-0.3, -0.25) is 0 Å². The first-order valence-electron chi connectivity index (χ1n) is 2.45. The minimum atomic E-state index is -2.33. The van der Waals surface area contributed by atoms with Gasteiger partial charge in [-0.2, -0.15) is 0 Å². The molecule has 26 heavy (non-hydrogen) atoms. The number of carboxylic acid groups (broad SMARTS) is 8. The molecule has 0 aromatic heterocycles. The van der Waals surface area contributed by atoms with Gasteiger partial charge in [0.1, 0.15) is 0 Å². The number of carbonyl (C=O) groups is 4. The van der Waals surface area contributed by atoms with Crippen LogP contribution in [0, 0.1) is 0 Å². The van der Waals surface area contributed by atoms with Gasteiger partial charge in [-0.1, -0.05) is 0 Å². The van der Waals surface area contributed by atoms with Crippen LogP contribution in [0.3, 0.4) is 0 Å². The van der Waals surface area contributed by atoms with E-state index in [1.54, 1.807) is 0 Å². The van der Waals surface area contributed by atoms with Crippen LogP contribution in [-0.2, 0) is 101 Å². The van der Waals surface area contributed by atoms with Gasteiger partial charge < -0.3 is 81.9 Å². The molecular weight excluding hydrogens is 671 g/mol. The number of hydrogen-bond donors (Lipinski definition) is 0. The van der Waals surface area contributed by atoms with Gasteiger partial charge in [0, 0.05) is 0 Å². The zero-order chi connectivity index (χ0) is 14.3. The molecule has 179 valence electrons. The normalized spacial score (nSPS) is 3.69. The van der Waals surface area contributed by atoms with Gasteiger partial charge in [-0.05, 0) is 24.6 Å². The summed E-state index contributed by atoms with van der Waals surface area (Å²) in [5.74, 6) is 0. The van der Waals surface area contributed by atoms with Crippen molar-refractivity contribution in [2.45, 2.75) is 0 Å². The minimum Gasteiger partial charge on any atom is -0.870 e. The first-order valence-corrected chi connectivity index (χ1v) is 2.45. The molecule has 0 saturated heterocycles. The van der Waals surface area contributed by atoms with Gasteiger partial charge in [0.15, 0.2) is 0 Å². The molecule has 0 rings (SSSR count). The van der Waals surface area contributed by atoms with E-state index in [1.165, 1.54) is 0 Å². The van der Waals surface area contributed by atoms with Gasteiger partial charge in [-0.25, -0.2) is 0 Å². The van der Waals surface area contributed by atoms with Crippen molar-refractivity contribution < 1.29 is 183 Å². The molecule has 0 aliphatic heterocycles. The van der Waals surface area contributed by atoms with Crippen LogP contribution in [0.5, 0.6) is 0 Å². The Labute approximate surface area is 206 Å². The molecule has 0 unspecified atom stereocenters. The predicted molar refractivity (Wildman–Crippen MR) is 29.3 cm³/mol. The summed E-state index contributed by atoms with van der Waals surface area (Å²) in [6.45, 7) is 0. The monoisotopic (exact) mass is 671 g/mol. The Balaban J connectivity index is -0.00000000545. The summed E-state index contributed by atoms with van der Waals surface area (Å²) in [6, 6.07) is 0. The maximum absolute atomic E-state index is 8.33. The van der Waals surface area contributed by atoms with Crippen LogP contribution in [0.15, 0.2) is 0 Å². The maximum Gasteiger partial charge on any atom is 2.00 e. The summed E-state index contributed by atoms with van der Waals surface area (Å²) in [7, 11) is 0. The number of carbonyl (C=O) groups excluding carboxylic acids is 4. The van der Waals surface area contributed by atoms with E-state index in [1.807, 2.05) is 0 Å². The molecule has 0 aliphatic carbocycles. The fourth-order valence-corrected chi connectivity index (χ4v) is 0. The second-order valence-electron chi connectivity index (χ2n) is 1.00. The summed E-state index contributed by atoms with van der Waals surface area (Å²) in [5, 5.41) is 66.7. The Morgan fingerprint density at radius 3 is 0.346 bits per heavy atom. The third kappa shape index (κ3) is 7500000. The first-order chi connectivity index (χ1) is 6.93. The molecule has 0 spiro atoms. The van der Waals surface area contributed by atoms with Gasteiger partial charge in [0.25, 0.3) is 0 Å². The van der Waals surface area contributed by atoms with Crippen molar-refractivity contribution in [3.8, 4) is 0 Å². The van der Waals surface area contributed by atoms with Crippen LogP contribution in [-0.4, -0.2) is 46.5 Å². The smallest absolute Gasteiger partial charge is 0.870 e. The van der Waals surface area contributed by atoms with Crippen LogP contribution in [0.2, 0.25) is 0 Å². The summed E-state index contributed by atoms with van der Waals surface area (Å²) in [5.41, 5.74) is 0. The Kier molecular flexibility index (Phi) is 436. The summed E-state index contributed by atoms with van der Waals surface area (Å²) >= 11 is 0. The summed E-state index contributed by atoms with van der Waals surface area (Å²) in [6.07, 6.45) is -9.33. The molecule has 4 N–H and O–H groups in total. The van der Waals surface area contributed by atoms with Crippen molar-refractivity contribution in [2.24, 2.45) is 0 Å². The van der Waals surface area contributed by atoms with E-state index in [0.29, 0.717) is 0 Å². The Bertz CT molecular complexity index is 181. The molecule has 0 aliphatic rings. The third-order valence-electron chi connectivity index (χ3n) is 0. The Morgan fingerprint density at radius 1 is 0.346 bits per heavy atom. The Hall–Kier alpha value is -0.0410. The molecule has 3 radical (unpaired) electrons. The standard InChI is InChI=1S/4CH2O3.3Cu.3Ni.4H2O/c4*2-1(3)4;;;;;;;;;;/h4*(H2,2,3,4);;;;;;;4*1H2/q;;;;6*+2;;;;/p-12. The van der Waals surface area contributed by atoms with Crippen molar-refractivity contribution >= 4 is 24.6 Å². The zero-order valence-electron chi connectivity index (χ0n) is 10.5. The summed E-state index contributed by atoms with van der Waals surface area (Å²) in [4.78, 5) is 33.3. The molecule has 0 aromatic carbocycles. The quantitative estimate of drug-likeness (QED) is 0.215. The second-order valence-corrected chi connectivity index (χ2v) is 1.00. The van der Waals surface area contributed by atoms with E-state index in [0.717, 1.165) is 0 Å². The zero-order valence-corrected chi connectivity index (χ0v) is 16.3. The molecule has 16 nitrogen and oxygen atoms in total. The third-order valence-corrected chi connectivity index (χ3v) is 0. The molecule has 0 amide bonds.